The predicted molar refractivity (Wildman–Crippen MR) is 111 cm³/mol. The summed E-state index contributed by atoms with van der Waals surface area (Å²) >= 11 is 0. The number of phenols is 2. The minimum atomic E-state index is -0.141. The van der Waals surface area contributed by atoms with Crippen LogP contribution in [0.1, 0.15) is 55.9 Å². The number of benzene rings is 3. The molecule has 3 aromatic rings. The van der Waals surface area contributed by atoms with E-state index in [1.807, 2.05) is 24.3 Å². The number of phenolic OH excluding ortho intramolecular Hbond substituents is 2. The van der Waals surface area contributed by atoms with Gasteiger partial charge in [-0.3, -0.25) is 0 Å². The molecule has 1 unspecified atom stereocenters. The third-order valence-corrected chi connectivity index (χ3v) is 5.50. The lowest BCUT2D eigenvalue weighted by Gasteiger charge is -2.28. The van der Waals surface area contributed by atoms with Crippen molar-refractivity contribution in [2.75, 3.05) is 0 Å². The highest BCUT2D eigenvalue weighted by atomic mass is 16.3. The Morgan fingerprint density at radius 3 is 1.33 bits per heavy atom. The first-order valence-electron chi connectivity index (χ1n) is 9.48. The molecule has 0 saturated heterocycles. The molecule has 0 aliphatic heterocycles. The van der Waals surface area contributed by atoms with E-state index in [0.717, 1.165) is 0 Å². The Hall–Kier alpha value is -2.74. The van der Waals surface area contributed by atoms with E-state index in [0.29, 0.717) is 17.4 Å². The fourth-order valence-electron chi connectivity index (χ4n) is 3.80. The monoisotopic (exact) mass is 360 g/mol. The maximum Gasteiger partial charge on any atom is 0.115 e. The second-order valence-electron chi connectivity index (χ2n) is 8.11. The third-order valence-electron chi connectivity index (χ3n) is 5.50. The minimum Gasteiger partial charge on any atom is -0.508 e. The molecule has 0 aliphatic carbocycles. The summed E-state index contributed by atoms with van der Waals surface area (Å²) in [6, 6.07) is 23.8. The molecule has 0 aromatic heterocycles. The Labute approximate surface area is 162 Å². The Morgan fingerprint density at radius 1 is 0.593 bits per heavy atom. The lowest BCUT2D eigenvalue weighted by molar-refractivity contribution is 0.473. The fourth-order valence-corrected chi connectivity index (χ4v) is 3.80. The third kappa shape index (κ3) is 4.00. The van der Waals surface area contributed by atoms with E-state index in [1.54, 1.807) is 24.3 Å². The van der Waals surface area contributed by atoms with Crippen molar-refractivity contribution in [2.24, 2.45) is 5.92 Å². The first kappa shape index (κ1) is 19.0. The Morgan fingerprint density at radius 2 is 0.926 bits per heavy atom. The first-order valence-corrected chi connectivity index (χ1v) is 9.48. The molecule has 3 aromatic carbocycles. The lowest BCUT2D eigenvalue weighted by Crippen LogP contribution is -2.19. The van der Waals surface area contributed by atoms with Crippen LogP contribution in [0.15, 0.2) is 72.8 Å². The van der Waals surface area contributed by atoms with Crippen LogP contribution in [-0.2, 0) is 5.41 Å². The van der Waals surface area contributed by atoms with Crippen molar-refractivity contribution < 1.29 is 10.2 Å². The lowest BCUT2D eigenvalue weighted by atomic mass is 9.76. The summed E-state index contributed by atoms with van der Waals surface area (Å²) in [5, 5.41) is 19.1. The molecule has 2 nitrogen and oxygen atoms in total. The summed E-state index contributed by atoms with van der Waals surface area (Å²) in [6.07, 6.45) is 0. The van der Waals surface area contributed by atoms with Gasteiger partial charge in [-0.2, -0.15) is 0 Å². The van der Waals surface area contributed by atoms with E-state index < -0.39 is 0 Å². The molecule has 0 fully saturated rings. The van der Waals surface area contributed by atoms with Crippen LogP contribution in [0.4, 0.5) is 0 Å². The maximum absolute atomic E-state index is 9.58. The topological polar surface area (TPSA) is 40.5 Å². The molecule has 0 bridgehead atoms. The average molecular weight is 360 g/mol. The van der Waals surface area contributed by atoms with Crippen molar-refractivity contribution in [1.82, 2.24) is 0 Å². The zero-order chi connectivity index (χ0) is 19.6. The van der Waals surface area contributed by atoms with Gasteiger partial charge in [0.2, 0.25) is 0 Å². The molecule has 1 atom stereocenters. The average Bonchev–Trinajstić information content (AvgIpc) is 2.64. The van der Waals surface area contributed by atoms with E-state index in [-0.39, 0.29) is 11.3 Å². The van der Waals surface area contributed by atoms with Gasteiger partial charge < -0.3 is 10.2 Å². The quantitative estimate of drug-likeness (QED) is 0.568. The minimum absolute atomic E-state index is 0.141. The van der Waals surface area contributed by atoms with Crippen molar-refractivity contribution in [2.45, 2.75) is 39.0 Å². The van der Waals surface area contributed by atoms with E-state index >= 15 is 0 Å². The summed E-state index contributed by atoms with van der Waals surface area (Å²) < 4.78 is 0. The summed E-state index contributed by atoms with van der Waals surface area (Å²) in [5.74, 6) is 1.33. The Kier molecular flexibility index (Phi) is 5.27. The van der Waals surface area contributed by atoms with Gasteiger partial charge in [-0.25, -0.2) is 0 Å². The molecule has 0 saturated carbocycles. The molecular formula is C25H28O2. The van der Waals surface area contributed by atoms with Crippen LogP contribution >= 0.6 is 0 Å². The van der Waals surface area contributed by atoms with Crippen LogP contribution in [0, 0.1) is 5.92 Å². The van der Waals surface area contributed by atoms with Crippen LogP contribution in [0.5, 0.6) is 11.5 Å². The molecule has 3 rings (SSSR count). The molecule has 0 radical (unpaired) electrons. The highest BCUT2D eigenvalue weighted by molar-refractivity contribution is 5.43. The van der Waals surface area contributed by atoms with Crippen LogP contribution in [0.25, 0.3) is 0 Å². The molecule has 27 heavy (non-hydrogen) atoms. The summed E-state index contributed by atoms with van der Waals surface area (Å²) in [7, 11) is 0. The van der Waals surface area contributed by atoms with E-state index in [4.69, 9.17) is 0 Å². The molecular weight excluding hydrogens is 332 g/mol. The van der Waals surface area contributed by atoms with Crippen molar-refractivity contribution >= 4 is 0 Å². The first-order chi connectivity index (χ1) is 12.8. The largest absolute Gasteiger partial charge is 0.508 e. The Balaban J connectivity index is 1.93. The van der Waals surface area contributed by atoms with Crippen LogP contribution < -0.4 is 0 Å². The molecule has 0 spiro atoms. The fraction of sp³-hybridized carbons (Fsp3) is 0.280. The molecule has 0 amide bonds. The Bertz CT molecular complexity index is 873. The van der Waals surface area contributed by atoms with Gasteiger partial charge in [0.25, 0.3) is 0 Å². The predicted octanol–water partition coefficient (Wildman–Crippen LogP) is 6.21. The van der Waals surface area contributed by atoms with Crippen LogP contribution in [-0.4, -0.2) is 10.2 Å². The van der Waals surface area contributed by atoms with Gasteiger partial charge in [-0.1, -0.05) is 76.2 Å². The smallest absolute Gasteiger partial charge is 0.115 e. The van der Waals surface area contributed by atoms with Crippen molar-refractivity contribution in [1.29, 1.82) is 0 Å². The van der Waals surface area contributed by atoms with Crippen molar-refractivity contribution in [3.63, 3.8) is 0 Å². The van der Waals surface area contributed by atoms with Gasteiger partial charge >= 0.3 is 0 Å². The highest BCUT2D eigenvalue weighted by Gasteiger charge is 2.24. The van der Waals surface area contributed by atoms with E-state index in [2.05, 4.69) is 52.0 Å². The van der Waals surface area contributed by atoms with Gasteiger partial charge in [0.05, 0.1) is 0 Å². The second-order valence-corrected chi connectivity index (χ2v) is 8.11. The van der Waals surface area contributed by atoms with Gasteiger partial charge in [-0.05, 0) is 52.4 Å². The molecule has 2 heteroatoms. The maximum atomic E-state index is 9.58. The summed E-state index contributed by atoms with van der Waals surface area (Å²) in [5.41, 5.74) is 4.77. The number of aromatic hydroxyl groups is 2. The zero-order valence-corrected chi connectivity index (χ0v) is 16.5. The zero-order valence-electron chi connectivity index (χ0n) is 16.5. The SMILES string of the molecule is CC(C)C(c1ccc(O)cc1)c1ccc(C(C)(C)c2ccc(O)cc2)cc1. The van der Waals surface area contributed by atoms with Gasteiger partial charge in [0.15, 0.2) is 0 Å². The summed E-state index contributed by atoms with van der Waals surface area (Å²) in [6.45, 7) is 8.86. The number of rotatable bonds is 5. The number of hydrogen-bond donors (Lipinski definition) is 2. The van der Waals surface area contributed by atoms with Crippen LogP contribution in [0.2, 0.25) is 0 Å². The highest BCUT2D eigenvalue weighted by Crippen LogP contribution is 2.36. The molecule has 0 aliphatic rings. The summed E-state index contributed by atoms with van der Waals surface area (Å²) in [4.78, 5) is 0. The standard InChI is InChI=1S/C25H28O2/c1-17(2)24(19-7-13-22(26)14-8-19)18-5-9-20(10-6-18)25(3,4)21-11-15-23(27)16-12-21/h5-17,24,26-27H,1-4H3. The number of hydrogen-bond acceptors (Lipinski definition) is 2. The van der Waals surface area contributed by atoms with E-state index in [9.17, 15) is 10.2 Å². The molecule has 140 valence electrons. The van der Waals surface area contributed by atoms with Crippen LogP contribution in [0.3, 0.4) is 0 Å². The van der Waals surface area contributed by atoms with Crippen molar-refractivity contribution in [3.8, 4) is 11.5 Å². The van der Waals surface area contributed by atoms with Gasteiger partial charge in [-0.15, -0.1) is 0 Å². The molecule has 0 heterocycles. The van der Waals surface area contributed by atoms with E-state index in [1.165, 1.54) is 22.3 Å². The normalized spacial score (nSPS) is 12.9. The van der Waals surface area contributed by atoms with Gasteiger partial charge in [0.1, 0.15) is 11.5 Å². The van der Waals surface area contributed by atoms with Gasteiger partial charge in [0, 0.05) is 11.3 Å². The second kappa shape index (κ2) is 7.48. The molecule has 2 N–H and O–H groups in total. The van der Waals surface area contributed by atoms with Crippen molar-refractivity contribution in [3.05, 3.63) is 95.1 Å².